The van der Waals surface area contributed by atoms with Gasteiger partial charge in [0.1, 0.15) is 5.76 Å². The van der Waals surface area contributed by atoms with E-state index in [2.05, 4.69) is 11.1 Å². The molecule has 1 unspecified atom stereocenters. The Morgan fingerprint density at radius 2 is 1.96 bits per heavy atom. The van der Waals surface area contributed by atoms with Crippen LogP contribution in [-0.2, 0) is 4.79 Å². The van der Waals surface area contributed by atoms with E-state index < -0.39 is 0 Å². The van der Waals surface area contributed by atoms with Crippen LogP contribution in [0.2, 0.25) is 0 Å². The number of aliphatic hydroxyl groups is 1. The number of nitrogens with zero attached hydrogens (tertiary/aromatic N) is 1. The number of ketones is 1. The molecule has 0 spiro atoms. The van der Waals surface area contributed by atoms with Gasteiger partial charge in [0.05, 0.1) is 10.6 Å². The predicted octanol–water partition coefficient (Wildman–Crippen LogP) is 5.13. The van der Waals surface area contributed by atoms with Crippen LogP contribution in [0, 0.1) is 19.8 Å². The van der Waals surface area contributed by atoms with Crippen molar-refractivity contribution in [2.24, 2.45) is 5.92 Å². The lowest BCUT2D eigenvalue weighted by molar-refractivity contribution is -0.115. The molecule has 0 aliphatic heterocycles. The number of Topliss-reactive ketones (excluding diaryl/α,β-unsaturated/α-hetero) is 1. The zero-order chi connectivity index (χ0) is 17.8. The molecule has 25 heavy (non-hydrogen) atoms. The second-order valence-corrected chi connectivity index (χ2v) is 7.76. The number of carbonyl (C=O) groups excluding carboxylic acids is 1. The van der Waals surface area contributed by atoms with Crippen LogP contribution in [0.3, 0.4) is 0 Å². The Balaban J connectivity index is 1.63. The number of benzene rings is 1. The summed E-state index contributed by atoms with van der Waals surface area (Å²) >= 11 is 1.70. The van der Waals surface area contributed by atoms with Crippen molar-refractivity contribution in [3.63, 3.8) is 0 Å². The van der Waals surface area contributed by atoms with E-state index in [1.54, 1.807) is 11.8 Å². The quantitative estimate of drug-likeness (QED) is 0.757. The van der Waals surface area contributed by atoms with Crippen LogP contribution in [0.1, 0.15) is 36.0 Å². The highest BCUT2D eigenvalue weighted by Gasteiger charge is 2.28. The van der Waals surface area contributed by atoms with Gasteiger partial charge in [-0.3, -0.25) is 4.79 Å². The average Bonchev–Trinajstić information content (AvgIpc) is 2.58. The number of hydrogen-bond donors (Lipinski definition) is 1. The number of allylic oxidation sites excluding steroid dienone is 2. The lowest BCUT2D eigenvalue weighted by Crippen LogP contribution is -2.19. The summed E-state index contributed by atoms with van der Waals surface area (Å²) in [5, 5.41) is 11.5. The van der Waals surface area contributed by atoms with Gasteiger partial charge in [-0.25, -0.2) is 4.98 Å². The topological polar surface area (TPSA) is 50.2 Å². The van der Waals surface area contributed by atoms with Gasteiger partial charge < -0.3 is 5.11 Å². The molecule has 1 N–H and O–H groups in total. The number of hydrogen-bond acceptors (Lipinski definition) is 4. The van der Waals surface area contributed by atoms with Crippen LogP contribution < -0.4 is 0 Å². The first-order chi connectivity index (χ1) is 12.0. The minimum atomic E-state index is 0.0570. The molecule has 3 nitrogen and oxygen atoms in total. The monoisotopic (exact) mass is 353 g/mol. The zero-order valence-electron chi connectivity index (χ0n) is 14.7. The summed E-state index contributed by atoms with van der Waals surface area (Å²) in [5.74, 6) is 1.41. The Kier molecular flexibility index (Phi) is 5.59. The van der Waals surface area contributed by atoms with Crippen molar-refractivity contribution in [2.45, 2.75) is 38.1 Å². The molecule has 1 aromatic carbocycles. The maximum atomic E-state index is 12.6. The van der Waals surface area contributed by atoms with E-state index in [0.29, 0.717) is 18.4 Å². The number of aromatic nitrogens is 1. The minimum absolute atomic E-state index is 0.0570. The van der Waals surface area contributed by atoms with Crippen molar-refractivity contribution in [2.75, 3.05) is 5.75 Å². The van der Waals surface area contributed by atoms with Gasteiger partial charge in [-0.1, -0.05) is 30.3 Å². The number of rotatable bonds is 5. The SMILES string of the molecule is Cc1ccc(SCCC2CC(=O)C(c3ccccc3C)=C(O)C2)nc1. The van der Waals surface area contributed by atoms with Gasteiger partial charge in [0, 0.05) is 19.0 Å². The normalized spacial score (nSPS) is 17.8. The molecule has 0 fully saturated rings. The van der Waals surface area contributed by atoms with Gasteiger partial charge >= 0.3 is 0 Å². The van der Waals surface area contributed by atoms with Crippen molar-refractivity contribution < 1.29 is 9.90 Å². The Hall–Kier alpha value is -2.07. The fourth-order valence-electron chi connectivity index (χ4n) is 3.21. The fourth-order valence-corrected chi connectivity index (χ4v) is 4.16. The van der Waals surface area contributed by atoms with Crippen molar-refractivity contribution in [1.82, 2.24) is 4.98 Å². The highest BCUT2D eigenvalue weighted by Crippen LogP contribution is 2.35. The maximum Gasteiger partial charge on any atom is 0.167 e. The summed E-state index contributed by atoms with van der Waals surface area (Å²) < 4.78 is 0. The van der Waals surface area contributed by atoms with E-state index in [-0.39, 0.29) is 17.5 Å². The van der Waals surface area contributed by atoms with E-state index in [9.17, 15) is 9.90 Å². The first kappa shape index (κ1) is 17.7. The van der Waals surface area contributed by atoms with Crippen molar-refractivity contribution >= 4 is 23.1 Å². The summed E-state index contributed by atoms with van der Waals surface area (Å²) in [4.78, 5) is 17.0. The largest absolute Gasteiger partial charge is 0.512 e. The Morgan fingerprint density at radius 3 is 2.64 bits per heavy atom. The molecule has 0 saturated heterocycles. The summed E-state index contributed by atoms with van der Waals surface area (Å²) in [6.07, 6.45) is 3.86. The maximum absolute atomic E-state index is 12.6. The standard InChI is InChI=1S/C21H23NO2S/c1-14-7-8-20(22-13-14)25-10-9-16-11-18(23)21(19(24)12-16)17-6-4-3-5-15(17)2/h3-8,13,16,23H,9-12H2,1-2H3. The van der Waals surface area contributed by atoms with E-state index in [1.807, 2.05) is 50.4 Å². The van der Waals surface area contributed by atoms with Crippen LogP contribution in [-0.4, -0.2) is 21.6 Å². The molecular weight excluding hydrogens is 330 g/mol. The van der Waals surface area contributed by atoms with Crippen LogP contribution in [0.4, 0.5) is 0 Å². The lowest BCUT2D eigenvalue weighted by Gasteiger charge is -2.24. The summed E-state index contributed by atoms with van der Waals surface area (Å²) in [5.41, 5.74) is 3.56. The first-order valence-electron chi connectivity index (χ1n) is 8.61. The molecule has 1 heterocycles. The molecular formula is C21H23NO2S. The Labute approximate surface area is 153 Å². The third-order valence-electron chi connectivity index (χ3n) is 4.60. The van der Waals surface area contributed by atoms with Crippen LogP contribution in [0.25, 0.3) is 5.57 Å². The van der Waals surface area contributed by atoms with E-state index in [1.165, 1.54) is 0 Å². The van der Waals surface area contributed by atoms with Gasteiger partial charge in [0.25, 0.3) is 0 Å². The molecule has 0 saturated carbocycles. The van der Waals surface area contributed by atoms with Crippen LogP contribution >= 0.6 is 11.8 Å². The summed E-state index contributed by atoms with van der Waals surface area (Å²) in [6.45, 7) is 4.00. The van der Waals surface area contributed by atoms with Gasteiger partial charge in [-0.05, 0) is 54.7 Å². The molecule has 3 rings (SSSR count). The Morgan fingerprint density at radius 1 is 1.16 bits per heavy atom. The third kappa shape index (κ3) is 4.31. The molecule has 2 aromatic rings. The minimum Gasteiger partial charge on any atom is -0.512 e. The number of pyridine rings is 1. The molecule has 0 bridgehead atoms. The average molecular weight is 353 g/mol. The van der Waals surface area contributed by atoms with Gasteiger partial charge in [-0.2, -0.15) is 0 Å². The van der Waals surface area contributed by atoms with Crippen molar-refractivity contribution in [3.8, 4) is 0 Å². The molecule has 1 aromatic heterocycles. The summed E-state index contributed by atoms with van der Waals surface area (Å²) in [7, 11) is 0. The molecule has 130 valence electrons. The van der Waals surface area contributed by atoms with Gasteiger partial charge in [-0.15, -0.1) is 11.8 Å². The fraction of sp³-hybridized carbons (Fsp3) is 0.333. The van der Waals surface area contributed by atoms with Crippen molar-refractivity contribution in [3.05, 3.63) is 65.0 Å². The molecule has 4 heteroatoms. The molecule has 0 amide bonds. The highest BCUT2D eigenvalue weighted by atomic mass is 32.2. The number of aryl methyl sites for hydroxylation is 2. The number of aliphatic hydroxyl groups excluding tert-OH is 1. The van der Waals surface area contributed by atoms with E-state index in [4.69, 9.17) is 0 Å². The molecule has 0 radical (unpaired) electrons. The lowest BCUT2D eigenvalue weighted by atomic mass is 9.82. The molecule has 1 aliphatic rings. The van der Waals surface area contributed by atoms with Crippen molar-refractivity contribution in [1.29, 1.82) is 0 Å². The van der Waals surface area contributed by atoms with Crippen LogP contribution in [0.15, 0.2) is 53.4 Å². The first-order valence-corrected chi connectivity index (χ1v) is 9.60. The van der Waals surface area contributed by atoms with Gasteiger partial charge in [0.2, 0.25) is 0 Å². The third-order valence-corrected chi connectivity index (χ3v) is 5.58. The Bertz CT molecular complexity index is 796. The van der Waals surface area contributed by atoms with E-state index in [0.717, 1.165) is 33.9 Å². The smallest absolute Gasteiger partial charge is 0.167 e. The van der Waals surface area contributed by atoms with Gasteiger partial charge in [0.15, 0.2) is 5.78 Å². The highest BCUT2D eigenvalue weighted by molar-refractivity contribution is 7.99. The predicted molar refractivity (Wildman–Crippen MR) is 103 cm³/mol. The molecule has 1 atom stereocenters. The van der Waals surface area contributed by atoms with Crippen LogP contribution in [0.5, 0.6) is 0 Å². The number of thioether (sulfide) groups is 1. The number of carbonyl (C=O) groups is 1. The van der Waals surface area contributed by atoms with E-state index >= 15 is 0 Å². The summed E-state index contributed by atoms with van der Waals surface area (Å²) in [6, 6.07) is 11.8. The molecule has 1 aliphatic carbocycles. The second-order valence-electron chi connectivity index (χ2n) is 6.64. The zero-order valence-corrected chi connectivity index (χ0v) is 15.5. The second kappa shape index (κ2) is 7.87.